The average Bonchev–Trinajstić information content (AvgIpc) is 2.92. The van der Waals surface area contributed by atoms with E-state index in [1.54, 1.807) is 4.88 Å². The Balaban J connectivity index is 2.55. The average molecular weight is 267 g/mol. The van der Waals surface area contributed by atoms with Crippen molar-refractivity contribution >= 4 is 11.3 Å². The minimum absolute atomic E-state index is 0.510. The largest absolute Gasteiger partial charge is 0.316 e. The highest BCUT2D eigenvalue weighted by molar-refractivity contribution is 7.09. The van der Waals surface area contributed by atoms with E-state index >= 15 is 0 Å². The Labute approximate surface area is 117 Å². The third-order valence-corrected chi connectivity index (χ3v) is 4.98. The third-order valence-electron chi connectivity index (χ3n) is 4.04. The van der Waals surface area contributed by atoms with E-state index in [0.29, 0.717) is 5.41 Å². The molecular formula is C16H29NS. The topological polar surface area (TPSA) is 12.0 Å². The van der Waals surface area contributed by atoms with E-state index in [9.17, 15) is 0 Å². The molecule has 0 aliphatic carbocycles. The normalized spacial score (nSPS) is 14.6. The monoisotopic (exact) mass is 267 g/mol. The lowest BCUT2D eigenvalue weighted by atomic mass is 9.76. The van der Waals surface area contributed by atoms with Crippen molar-refractivity contribution in [3.63, 3.8) is 0 Å². The summed E-state index contributed by atoms with van der Waals surface area (Å²) in [6.07, 6.45) is 7.93. The van der Waals surface area contributed by atoms with Gasteiger partial charge in [-0.1, -0.05) is 39.7 Å². The minimum atomic E-state index is 0.510. The number of rotatable bonds is 10. The van der Waals surface area contributed by atoms with E-state index in [1.807, 2.05) is 11.3 Å². The van der Waals surface area contributed by atoms with E-state index in [1.165, 1.54) is 45.1 Å². The van der Waals surface area contributed by atoms with E-state index < -0.39 is 0 Å². The molecule has 0 saturated heterocycles. The van der Waals surface area contributed by atoms with Crippen molar-refractivity contribution in [1.82, 2.24) is 5.32 Å². The molecule has 0 spiro atoms. The number of hydrogen-bond donors (Lipinski definition) is 1. The molecule has 0 aliphatic heterocycles. The fraction of sp³-hybridized carbons (Fsp3) is 0.750. The first-order valence-electron chi connectivity index (χ1n) is 7.49. The summed E-state index contributed by atoms with van der Waals surface area (Å²) in [7, 11) is 0. The number of hydrogen-bond acceptors (Lipinski definition) is 2. The second-order valence-electron chi connectivity index (χ2n) is 5.32. The maximum absolute atomic E-state index is 3.58. The molecule has 1 rings (SSSR count). The highest BCUT2D eigenvalue weighted by Crippen LogP contribution is 2.34. The van der Waals surface area contributed by atoms with E-state index in [4.69, 9.17) is 0 Å². The molecule has 0 radical (unpaired) electrons. The van der Waals surface area contributed by atoms with Crippen molar-refractivity contribution in [1.29, 1.82) is 0 Å². The van der Waals surface area contributed by atoms with Gasteiger partial charge >= 0.3 is 0 Å². The zero-order valence-corrected chi connectivity index (χ0v) is 13.1. The highest BCUT2D eigenvalue weighted by Gasteiger charge is 2.26. The van der Waals surface area contributed by atoms with E-state index in [-0.39, 0.29) is 0 Å². The van der Waals surface area contributed by atoms with Crippen molar-refractivity contribution in [3.05, 3.63) is 22.4 Å². The maximum atomic E-state index is 3.58. The van der Waals surface area contributed by atoms with E-state index in [2.05, 4.69) is 43.6 Å². The molecule has 1 heterocycles. The van der Waals surface area contributed by atoms with Crippen molar-refractivity contribution in [2.75, 3.05) is 13.1 Å². The van der Waals surface area contributed by atoms with Crippen LogP contribution < -0.4 is 5.32 Å². The van der Waals surface area contributed by atoms with Crippen LogP contribution in [0.5, 0.6) is 0 Å². The lowest BCUT2D eigenvalue weighted by molar-refractivity contribution is 0.214. The first kappa shape index (κ1) is 15.7. The van der Waals surface area contributed by atoms with Gasteiger partial charge in [-0.15, -0.1) is 11.3 Å². The number of aryl methyl sites for hydroxylation is 1. The van der Waals surface area contributed by atoms with Gasteiger partial charge in [0.05, 0.1) is 0 Å². The maximum Gasteiger partial charge on any atom is 0.00454 e. The van der Waals surface area contributed by atoms with Crippen molar-refractivity contribution in [2.24, 2.45) is 5.41 Å². The van der Waals surface area contributed by atoms with Gasteiger partial charge < -0.3 is 5.32 Å². The molecule has 1 N–H and O–H groups in total. The summed E-state index contributed by atoms with van der Waals surface area (Å²) in [6, 6.07) is 4.45. The predicted molar refractivity (Wildman–Crippen MR) is 83.4 cm³/mol. The molecule has 18 heavy (non-hydrogen) atoms. The summed E-state index contributed by atoms with van der Waals surface area (Å²) in [4.78, 5) is 1.54. The molecule has 0 aliphatic rings. The quantitative estimate of drug-likeness (QED) is 0.637. The molecule has 0 fully saturated rings. The smallest absolute Gasteiger partial charge is 0.00454 e. The molecule has 1 aromatic rings. The number of thiophene rings is 1. The lowest BCUT2D eigenvalue weighted by Gasteiger charge is -2.33. The van der Waals surface area contributed by atoms with Crippen LogP contribution >= 0.6 is 11.3 Å². The summed E-state index contributed by atoms with van der Waals surface area (Å²) in [5.41, 5.74) is 0.510. The third kappa shape index (κ3) is 5.11. The fourth-order valence-corrected chi connectivity index (χ4v) is 3.27. The molecular weight excluding hydrogens is 238 g/mol. The van der Waals surface area contributed by atoms with Gasteiger partial charge in [0.1, 0.15) is 0 Å². The van der Waals surface area contributed by atoms with Crippen LogP contribution in [0.25, 0.3) is 0 Å². The second-order valence-corrected chi connectivity index (χ2v) is 6.35. The molecule has 1 unspecified atom stereocenters. The van der Waals surface area contributed by atoms with Crippen LogP contribution in [0.4, 0.5) is 0 Å². The van der Waals surface area contributed by atoms with E-state index in [0.717, 1.165) is 6.54 Å². The molecule has 1 nitrogen and oxygen atoms in total. The van der Waals surface area contributed by atoms with Crippen molar-refractivity contribution in [3.8, 4) is 0 Å². The summed E-state index contributed by atoms with van der Waals surface area (Å²) < 4.78 is 0. The Hall–Kier alpha value is -0.340. The minimum Gasteiger partial charge on any atom is -0.316 e. The molecule has 1 atom stereocenters. The van der Waals surface area contributed by atoms with Crippen molar-refractivity contribution < 1.29 is 0 Å². The molecule has 0 saturated carbocycles. The fourth-order valence-electron chi connectivity index (χ4n) is 2.57. The summed E-state index contributed by atoms with van der Waals surface area (Å²) in [5, 5.41) is 5.78. The Morgan fingerprint density at radius 1 is 1.22 bits per heavy atom. The number of nitrogens with one attached hydrogen (secondary N) is 1. The van der Waals surface area contributed by atoms with Gasteiger partial charge in [0, 0.05) is 11.4 Å². The van der Waals surface area contributed by atoms with Crippen LogP contribution in [-0.4, -0.2) is 13.1 Å². The van der Waals surface area contributed by atoms with Gasteiger partial charge in [0.25, 0.3) is 0 Å². The molecule has 104 valence electrons. The first-order valence-corrected chi connectivity index (χ1v) is 8.37. The van der Waals surface area contributed by atoms with Gasteiger partial charge in [-0.05, 0) is 49.1 Å². The summed E-state index contributed by atoms with van der Waals surface area (Å²) >= 11 is 1.90. The SMILES string of the molecule is CCCCC(CC)(CCc1cccs1)CNCC. The molecule has 2 heteroatoms. The lowest BCUT2D eigenvalue weighted by Crippen LogP contribution is -2.34. The molecule has 0 amide bonds. The Bertz CT molecular complexity index is 284. The van der Waals surface area contributed by atoms with Gasteiger partial charge in [-0.2, -0.15) is 0 Å². The molecule has 0 bridgehead atoms. The summed E-state index contributed by atoms with van der Waals surface area (Å²) in [6.45, 7) is 9.14. The van der Waals surface area contributed by atoms with Gasteiger partial charge in [0.2, 0.25) is 0 Å². The van der Waals surface area contributed by atoms with Gasteiger partial charge in [-0.25, -0.2) is 0 Å². The highest BCUT2D eigenvalue weighted by atomic mass is 32.1. The van der Waals surface area contributed by atoms with Crippen molar-refractivity contribution in [2.45, 2.75) is 59.3 Å². The summed E-state index contributed by atoms with van der Waals surface area (Å²) in [5.74, 6) is 0. The second kappa shape index (κ2) is 8.71. The Kier molecular flexibility index (Phi) is 7.60. The van der Waals surface area contributed by atoms with Gasteiger partial charge in [-0.3, -0.25) is 0 Å². The van der Waals surface area contributed by atoms with Crippen LogP contribution in [0.1, 0.15) is 57.8 Å². The zero-order valence-electron chi connectivity index (χ0n) is 12.3. The van der Waals surface area contributed by atoms with Crippen LogP contribution in [0.15, 0.2) is 17.5 Å². The zero-order chi connectivity index (χ0) is 13.3. The standard InChI is InChI=1S/C16H29NS/c1-4-7-11-16(5-2,14-17-6-3)12-10-15-9-8-13-18-15/h8-9,13,17H,4-7,10-12,14H2,1-3H3. The van der Waals surface area contributed by atoms with Gasteiger partial charge in [0.15, 0.2) is 0 Å². The van der Waals surface area contributed by atoms with Crippen LogP contribution in [0, 0.1) is 5.41 Å². The molecule has 1 aromatic heterocycles. The first-order chi connectivity index (χ1) is 8.76. The predicted octanol–water partition coefficient (Wildman–Crippen LogP) is 4.88. The Morgan fingerprint density at radius 3 is 2.61 bits per heavy atom. The number of unbranched alkanes of at least 4 members (excludes halogenated alkanes) is 1. The van der Waals surface area contributed by atoms with Crippen LogP contribution in [-0.2, 0) is 6.42 Å². The van der Waals surface area contributed by atoms with Crippen LogP contribution in [0.2, 0.25) is 0 Å². The molecule has 0 aromatic carbocycles. The Morgan fingerprint density at radius 2 is 2.06 bits per heavy atom. The van der Waals surface area contributed by atoms with Crippen LogP contribution in [0.3, 0.4) is 0 Å².